The molecular weight excluding hydrogens is 242 g/mol. The summed E-state index contributed by atoms with van der Waals surface area (Å²) >= 11 is 0. The van der Waals surface area contributed by atoms with Crippen molar-refractivity contribution in [2.45, 2.75) is 25.5 Å². The lowest BCUT2D eigenvalue weighted by atomic mass is 10.2. The largest absolute Gasteiger partial charge is 0.390 e. The summed E-state index contributed by atoms with van der Waals surface area (Å²) in [6, 6.07) is -0.436. The number of nitrogens with one attached hydrogen (secondary N) is 1. The lowest BCUT2D eigenvalue weighted by Crippen LogP contribution is -2.32. The molecule has 96 valence electrons. The van der Waals surface area contributed by atoms with Crippen LogP contribution >= 0.6 is 0 Å². The monoisotopic (exact) mass is 259 g/mol. The highest BCUT2D eigenvalue weighted by Gasteiger charge is 2.36. The van der Waals surface area contributed by atoms with E-state index in [4.69, 9.17) is 0 Å². The third-order valence-electron chi connectivity index (χ3n) is 2.90. The Bertz CT molecular complexity index is 509. The second kappa shape index (κ2) is 4.30. The Kier molecular flexibility index (Phi) is 3.13. The Hall–Kier alpha value is -1.08. The van der Waals surface area contributed by atoms with Gasteiger partial charge in [-0.2, -0.15) is 5.10 Å². The van der Waals surface area contributed by atoms with E-state index < -0.39 is 22.0 Å². The minimum Gasteiger partial charge on any atom is -0.390 e. The zero-order valence-corrected chi connectivity index (χ0v) is 10.7. The first-order valence-corrected chi connectivity index (χ1v) is 7.41. The Balaban J connectivity index is 2.16. The zero-order chi connectivity index (χ0) is 12.6. The van der Waals surface area contributed by atoms with Crippen molar-refractivity contribution in [2.24, 2.45) is 7.05 Å². The van der Waals surface area contributed by atoms with Gasteiger partial charge in [-0.1, -0.05) is 6.92 Å². The molecule has 2 rings (SSSR count). The summed E-state index contributed by atoms with van der Waals surface area (Å²) in [5.41, 5.74) is 1.68. The average molecular weight is 259 g/mol. The van der Waals surface area contributed by atoms with Crippen molar-refractivity contribution in [1.82, 2.24) is 9.78 Å². The molecule has 1 fully saturated rings. The van der Waals surface area contributed by atoms with Gasteiger partial charge in [0, 0.05) is 13.2 Å². The van der Waals surface area contributed by atoms with Crippen LogP contribution in [-0.4, -0.2) is 47.0 Å². The van der Waals surface area contributed by atoms with E-state index in [2.05, 4.69) is 10.4 Å². The van der Waals surface area contributed by atoms with Crippen molar-refractivity contribution >= 4 is 15.5 Å². The molecule has 2 N–H and O–H groups in total. The van der Waals surface area contributed by atoms with Crippen LogP contribution in [0.15, 0.2) is 6.20 Å². The minimum atomic E-state index is -3.12. The van der Waals surface area contributed by atoms with Gasteiger partial charge in [0.25, 0.3) is 0 Å². The minimum absolute atomic E-state index is 0.0216. The van der Waals surface area contributed by atoms with Gasteiger partial charge in [0.15, 0.2) is 9.84 Å². The second-order valence-electron chi connectivity index (χ2n) is 4.41. The van der Waals surface area contributed by atoms with Crippen LogP contribution in [-0.2, 0) is 23.3 Å². The highest BCUT2D eigenvalue weighted by molar-refractivity contribution is 7.91. The van der Waals surface area contributed by atoms with Gasteiger partial charge in [0.2, 0.25) is 0 Å². The predicted molar refractivity (Wildman–Crippen MR) is 64.7 cm³/mol. The number of hydrogen-bond acceptors (Lipinski definition) is 5. The molecular formula is C10H17N3O3S. The Morgan fingerprint density at radius 1 is 1.59 bits per heavy atom. The number of aromatic nitrogens is 2. The lowest BCUT2D eigenvalue weighted by molar-refractivity contribution is 0.190. The van der Waals surface area contributed by atoms with Crippen LogP contribution < -0.4 is 5.32 Å². The number of nitrogens with zero attached hydrogens (tertiary/aromatic N) is 2. The third kappa shape index (κ3) is 2.61. The van der Waals surface area contributed by atoms with Gasteiger partial charge < -0.3 is 10.4 Å². The van der Waals surface area contributed by atoms with Crippen LogP contribution in [0.25, 0.3) is 0 Å². The van der Waals surface area contributed by atoms with Crippen LogP contribution in [0, 0.1) is 0 Å². The number of aliphatic hydroxyl groups excluding tert-OH is 1. The molecule has 17 heavy (non-hydrogen) atoms. The highest BCUT2D eigenvalue weighted by atomic mass is 32.2. The number of sulfone groups is 1. The molecule has 0 spiro atoms. The first-order chi connectivity index (χ1) is 7.91. The Morgan fingerprint density at radius 2 is 2.29 bits per heavy atom. The molecule has 6 nitrogen and oxygen atoms in total. The zero-order valence-electron chi connectivity index (χ0n) is 9.92. The number of aryl methyl sites for hydroxylation is 2. The van der Waals surface area contributed by atoms with E-state index in [1.54, 1.807) is 10.9 Å². The van der Waals surface area contributed by atoms with Crippen molar-refractivity contribution in [2.75, 3.05) is 16.8 Å². The lowest BCUT2D eigenvalue weighted by Gasteiger charge is -2.15. The average Bonchev–Trinajstić information content (AvgIpc) is 2.67. The summed E-state index contributed by atoms with van der Waals surface area (Å²) in [4.78, 5) is 0. The van der Waals surface area contributed by atoms with Crippen LogP contribution in [0.2, 0.25) is 0 Å². The van der Waals surface area contributed by atoms with E-state index in [0.717, 1.165) is 17.8 Å². The number of hydrogen-bond donors (Lipinski definition) is 2. The van der Waals surface area contributed by atoms with E-state index in [9.17, 15) is 13.5 Å². The fraction of sp³-hybridized carbons (Fsp3) is 0.700. The van der Waals surface area contributed by atoms with Crippen molar-refractivity contribution in [3.8, 4) is 0 Å². The molecule has 0 amide bonds. The smallest absolute Gasteiger partial charge is 0.155 e. The SMILES string of the molecule is CCc1nn(C)cc1NC1CS(=O)(=O)CC1O. The molecule has 2 heterocycles. The molecule has 2 unspecified atom stereocenters. The number of anilines is 1. The van der Waals surface area contributed by atoms with Crippen LogP contribution in [0.5, 0.6) is 0 Å². The molecule has 1 aliphatic heterocycles. The summed E-state index contributed by atoms with van der Waals surface area (Å²) in [6.45, 7) is 1.98. The maximum absolute atomic E-state index is 11.4. The molecule has 1 aliphatic rings. The first-order valence-electron chi connectivity index (χ1n) is 5.59. The molecule has 0 bridgehead atoms. The second-order valence-corrected chi connectivity index (χ2v) is 6.57. The fourth-order valence-corrected chi connectivity index (χ4v) is 3.82. The van der Waals surface area contributed by atoms with Crippen LogP contribution in [0.1, 0.15) is 12.6 Å². The quantitative estimate of drug-likeness (QED) is 0.768. The highest BCUT2D eigenvalue weighted by Crippen LogP contribution is 2.20. The first kappa shape index (κ1) is 12.4. The van der Waals surface area contributed by atoms with Crippen molar-refractivity contribution in [3.05, 3.63) is 11.9 Å². The van der Waals surface area contributed by atoms with Gasteiger partial charge in [-0.15, -0.1) is 0 Å². The van der Waals surface area contributed by atoms with Gasteiger partial charge >= 0.3 is 0 Å². The van der Waals surface area contributed by atoms with E-state index in [-0.39, 0.29) is 11.5 Å². The van der Waals surface area contributed by atoms with E-state index in [0.29, 0.717) is 0 Å². The molecule has 1 saturated heterocycles. The summed E-state index contributed by atoms with van der Waals surface area (Å²) in [7, 11) is -1.31. The van der Waals surface area contributed by atoms with E-state index in [1.807, 2.05) is 14.0 Å². The molecule has 2 atom stereocenters. The molecule has 7 heteroatoms. The molecule has 0 aromatic carbocycles. The summed E-state index contributed by atoms with van der Waals surface area (Å²) in [5, 5.41) is 17.0. The van der Waals surface area contributed by atoms with Gasteiger partial charge in [0.1, 0.15) is 0 Å². The summed E-state index contributed by atoms with van der Waals surface area (Å²) < 4.78 is 24.4. The number of rotatable bonds is 3. The predicted octanol–water partition coefficient (Wildman–Crippen LogP) is -0.448. The van der Waals surface area contributed by atoms with Crippen molar-refractivity contribution < 1.29 is 13.5 Å². The van der Waals surface area contributed by atoms with E-state index in [1.165, 1.54) is 0 Å². The maximum atomic E-state index is 11.4. The van der Waals surface area contributed by atoms with Gasteiger partial charge in [-0.3, -0.25) is 4.68 Å². The third-order valence-corrected chi connectivity index (χ3v) is 4.62. The van der Waals surface area contributed by atoms with E-state index >= 15 is 0 Å². The van der Waals surface area contributed by atoms with Crippen LogP contribution in [0.4, 0.5) is 5.69 Å². The topological polar surface area (TPSA) is 84.2 Å². The summed E-state index contributed by atoms with van der Waals surface area (Å²) in [6.07, 6.45) is 1.72. The van der Waals surface area contributed by atoms with Crippen molar-refractivity contribution in [3.63, 3.8) is 0 Å². The summed E-state index contributed by atoms with van der Waals surface area (Å²) in [5.74, 6) is -0.182. The van der Waals surface area contributed by atoms with Gasteiger partial charge in [-0.05, 0) is 6.42 Å². The maximum Gasteiger partial charge on any atom is 0.155 e. The fourth-order valence-electron chi connectivity index (χ4n) is 2.08. The van der Waals surface area contributed by atoms with Crippen molar-refractivity contribution in [1.29, 1.82) is 0 Å². The molecule has 0 aliphatic carbocycles. The normalized spacial score (nSPS) is 27.2. The van der Waals surface area contributed by atoms with Crippen LogP contribution in [0.3, 0.4) is 0 Å². The Labute approximate surface area is 101 Å². The van der Waals surface area contributed by atoms with Gasteiger partial charge in [0.05, 0.1) is 35.0 Å². The molecule has 0 saturated carbocycles. The molecule has 0 radical (unpaired) electrons. The van der Waals surface area contributed by atoms with Gasteiger partial charge in [-0.25, -0.2) is 8.42 Å². The molecule has 1 aromatic rings. The Morgan fingerprint density at radius 3 is 2.82 bits per heavy atom. The molecule has 1 aromatic heterocycles. The number of aliphatic hydroxyl groups is 1. The standard InChI is InChI=1S/C10H17N3O3S/c1-3-7-8(4-13(2)12-7)11-9-5-17(15,16)6-10(9)14/h4,9-11,14H,3,5-6H2,1-2H3.